The maximum Gasteiger partial charge on any atom is 0.226 e. The van der Waals surface area contributed by atoms with Gasteiger partial charge in [0.1, 0.15) is 4.87 Å². The van der Waals surface area contributed by atoms with E-state index in [1.54, 1.807) is 6.08 Å². The average molecular weight is 291 g/mol. The highest BCUT2D eigenvalue weighted by Gasteiger charge is 2.57. The minimum Gasteiger partial charge on any atom is -0.288 e. The third kappa shape index (κ3) is 2.25. The van der Waals surface area contributed by atoms with Crippen molar-refractivity contribution in [1.82, 2.24) is 0 Å². The molecule has 0 aliphatic heterocycles. The molecule has 0 aromatic heterocycles. The predicted molar refractivity (Wildman–Crippen MR) is 75.2 cm³/mol. The molecule has 0 spiro atoms. The summed E-state index contributed by atoms with van der Waals surface area (Å²) in [6.45, 7) is 11.1. The van der Waals surface area contributed by atoms with Gasteiger partial charge in [-0.3, -0.25) is 9.59 Å². The van der Waals surface area contributed by atoms with Crippen LogP contribution in [0.3, 0.4) is 0 Å². The Bertz CT molecular complexity index is 424. The van der Waals surface area contributed by atoms with E-state index in [9.17, 15) is 9.59 Å². The second-order valence-corrected chi connectivity index (χ2v) is 7.92. The van der Waals surface area contributed by atoms with Crippen LogP contribution < -0.4 is 0 Å². The van der Waals surface area contributed by atoms with E-state index in [1.807, 2.05) is 41.5 Å². The molecule has 0 bridgehead atoms. The van der Waals surface area contributed by atoms with E-state index in [0.717, 1.165) is 0 Å². The standard InChI is InChI=1S/C14H20Cl2O2/c1-12(2,3)8-7-9(15)14(16,13(4,5)6)11(18)10(8)17/h7,9H,1-6H3/t9-,14-/m0/s1. The maximum atomic E-state index is 12.4. The first-order valence-corrected chi connectivity index (χ1v) is 6.79. The zero-order chi connectivity index (χ0) is 14.5. The van der Waals surface area contributed by atoms with Crippen LogP contribution in [0.25, 0.3) is 0 Å². The number of rotatable bonds is 0. The van der Waals surface area contributed by atoms with Gasteiger partial charge in [0.2, 0.25) is 11.6 Å². The van der Waals surface area contributed by atoms with E-state index in [-0.39, 0.29) is 0 Å². The highest BCUT2D eigenvalue weighted by Crippen LogP contribution is 2.47. The van der Waals surface area contributed by atoms with Crippen molar-refractivity contribution < 1.29 is 9.59 Å². The molecule has 0 N–H and O–H groups in total. The van der Waals surface area contributed by atoms with Crippen molar-refractivity contribution in [2.75, 3.05) is 0 Å². The van der Waals surface area contributed by atoms with E-state index in [1.165, 1.54) is 0 Å². The Morgan fingerprint density at radius 2 is 1.56 bits per heavy atom. The highest BCUT2D eigenvalue weighted by atomic mass is 35.5. The van der Waals surface area contributed by atoms with E-state index >= 15 is 0 Å². The van der Waals surface area contributed by atoms with Gasteiger partial charge >= 0.3 is 0 Å². The van der Waals surface area contributed by atoms with Gasteiger partial charge in [-0.1, -0.05) is 47.6 Å². The van der Waals surface area contributed by atoms with Gasteiger partial charge in [-0.05, 0) is 10.8 Å². The monoisotopic (exact) mass is 290 g/mol. The fraction of sp³-hybridized carbons (Fsp3) is 0.714. The lowest BCUT2D eigenvalue weighted by Gasteiger charge is -2.43. The molecule has 4 heteroatoms. The summed E-state index contributed by atoms with van der Waals surface area (Å²) in [6.07, 6.45) is 1.64. The molecule has 1 aliphatic carbocycles. The minimum absolute atomic E-state index is 0.407. The lowest BCUT2D eigenvalue weighted by atomic mass is 9.67. The SMILES string of the molecule is CC(C)(C)C1=C[C@H](Cl)[C@@](Cl)(C(C)(C)C)C(=O)C1=O. The number of carbonyl (C=O) groups is 2. The topological polar surface area (TPSA) is 34.1 Å². The molecule has 18 heavy (non-hydrogen) atoms. The van der Waals surface area contributed by atoms with Gasteiger partial charge in [-0.15, -0.1) is 23.2 Å². The predicted octanol–water partition coefficient (Wildman–Crippen LogP) is 3.74. The van der Waals surface area contributed by atoms with Crippen molar-refractivity contribution in [2.45, 2.75) is 51.8 Å². The molecule has 0 amide bonds. The zero-order valence-electron chi connectivity index (χ0n) is 11.7. The van der Waals surface area contributed by atoms with Crippen molar-refractivity contribution >= 4 is 34.8 Å². The van der Waals surface area contributed by atoms with Gasteiger partial charge in [0, 0.05) is 5.57 Å². The van der Waals surface area contributed by atoms with Crippen LogP contribution in [-0.2, 0) is 9.59 Å². The zero-order valence-corrected chi connectivity index (χ0v) is 13.2. The summed E-state index contributed by atoms with van der Waals surface area (Å²) in [5.74, 6) is -1.10. The minimum atomic E-state index is -1.37. The first kappa shape index (κ1) is 15.7. The molecule has 0 unspecified atom stereocenters. The van der Waals surface area contributed by atoms with Crippen LogP contribution in [0.4, 0.5) is 0 Å². The van der Waals surface area contributed by atoms with Crippen molar-refractivity contribution in [3.05, 3.63) is 11.6 Å². The number of carbonyl (C=O) groups excluding carboxylic acids is 2. The van der Waals surface area contributed by atoms with E-state index in [0.29, 0.717) is 5.57 Å². The lowest BCUT2D eigenvalue weighted by molar-refractivity contribution is -0.138. The highest BCUT2D eigenvalue weighted by molar-refractivity contribution is 6.60. The Morgan fingerprint density at radius 3 is 1.89 bits per heavy atom. The van der Waals surface area contributed by atoms with E-state index in [2.05, 4.69) is 0 Å². The van der Waals surface area contributed by atoms with Crippen LogP contribution in [0.2, 0.25) is 0 Å². The molecule has 0 fully saturated rings. The molecule has 0 saturated carbocycles. The number of hydrogen-bond acceptors (Lipinski definition) is 2. The molecule has 102 valence electrons. The third-order valence-electron chi connectivity index (χ3n) is 3.37. The lowest BCUT2D eigenvalue weighted by Crippen LogP contribution is -2.57. The fourth-order valence-electron chi connectivity index (χ4n) is 2.09. The van der Waals surface area contributed by atoms with Crippen LogP contribution in [-0.4, -0.2) is 21.8 Å². The summed E-state index contributed by atoms with van der Waals surface area (Å²) in [5.41, 5.74) is -0.545. The summed E-state index contributed by atoms with van der Waals surface area (Å²) in [4.78, 5) is 23.2. The Labute approximate surface area is 119 Å². The Balaban J connectivity index is 3.42. The molecule has 0 saturated heterocycles. The molecule has 2 atom stereocenters. The number of Topliss-reactive ketones (excluding diaryl/α,β-unsaturated/α-hetero) is 2. The molecular weight excluding hydrogens is 271 g/mol. The molecule has 0 heterocycles. The first-order valence-electron chi connectivity index (χ1n) is 5.98. The molecule has 1 aliphatic rings. The normalized spacial score (nSPS) is 30.4. The number of hydrogen-bond donors (Lipinski definition) is 0. The fourth-order valence-corrected chi connectivity index (χ4v) is 2.80. The van der Waals surface area contributed by atoms with Crippen molar-refractivity contribution in [1.29, 1.82) is 0 Å². The van der Waals surface area contributed by atoms with Crippen LogP contribution in [0, 0.1) is 10.8 Å². The second kappa shape index (κ2) is 4.35. The maximum absolute atomic E-state index is 12.4. The smallest absolute Gasteiger partial charge is 0.226 e. The molecule has 2 nitrogen and oxygen atoms in total. The van der Waals surface area contributed by atoms with Crippen molar-refractivity contribution in [3.63, 3.8) is 0 Å². The summed E-state index contributed by atoms with van der Waals surface area (Å²) in [5, 5.41) is -0.682. The number of ketones is 2. The van der Waals surface area contributed by atoms with Crippen LogP contribution in [0.5, 0.6) is 0 Å². The Kier molecular flexibility index (Phi) is 3.79. The molecular formula is C14H20Cl2O2. The van der Waals surface area contributed by atoms with Gasteiger partial charge in [0.15, 0.2) is 0 Å². The van der Waals surface area contributed by atoms with Crippen LogP contribution >= 0.6 is 23.2 Å². The third-order valence-corrected chi connectivity index (χ3v) is 4.91. The van der Waals surface area contributed by atoms with Gasteiger partial charge in [-0.2, -0.15) is 0 Å². The molecule has 1 rings (SSSR count). The largest absolute Gasteiger partial charge is 0.288 e. The number of allylic oxidation sites excluding steroid dienone is 2. The second-order valence-electron chi connectivity index (χ2n) is 6.85. The average Bonchev–Trinajstić information content (AvgIpc) is 2.16. The quantitative estimate of drug-likeness (QED) is 0.503. The first-order chi connectivity index (χ1) is 7.83. The van der Waals surface area contributed by atoms with Crippen LogP contribution in [0.15, 0.2) is 11.6 Å². The van der Waals surface area contributed by atoms with Gasteiger partial charge in [0.05, 0.1) is 5.38 Å². The Hall–Kier alpha value is -0.340. The summed E-state index contributed by atoms with van der Waals surface area (Å²) >= 11 is 12.7. The summed E-state index contributed by atoms with van der Waals surface area (Å²) in [7, 11) is 0. The van der Waals surface area contributed by atoms with E-state index < -0.39 is 32.6 Å². The van der Waals surface area contributed by atoms with Crippen LogP contribution in [0.1, 0.15) is 41.5 Å². The number of halogens is 2. The van der Waals surface area contributed by atoms with Crippen molar-refractivity contribution in [2.24, 2.45) is 10.8 Å². The molecule has 0 aromatic carbocycles. The molecule has 0 aromatic rings. The van der Waals surface area contributed by atoms with E-state index in [4.69, 9.17) is 23.2 Å². The van der Waals surface area contributed by atoms with Gasteiger partial charge < -0.3 is 0 Å². The van der Waals surface area contributed by atoms with Gasteiger partial charge in [-0.25, -0.2) is 0 Å². The summed E-state index contributed by atoms with van der Waals surface area (Å²) in [6, 6.07) is 0. The molecule has 0 radical (unpaired) electrons. The van der Waals surface area contributed by atoms with Crippen molar-refractivity contribution in [3.8, 4) is 0 Å². The Morgan fingerprint density at radius 1 is 1.11 bits per heavy atom. The summed E-state index contributed by atoms with van der Waals surface area (Å²) < 4.78 is 0. The number of alkyl halides is 2. The van der Waals surface area contributed by atoms with Gasteiger partial charge in [0.25, 0.3) is 0 Å².